The molecule has 90 valence electrons. The minimum Gasteiger partial charge on any atom is -0.369 e. The zero-order valence-corrected chi connectivity index (χ0v) is 10.5. The minimum absolute atomic E-state index is 0.212. The van der Waals surface area contributed by atoms with Crippen molar-refractivity contribution in [2.24, 2.45) is 5.73 Å². The monoisotopic (exact) mass is 248 g/mol. The molecule has 0 amide bonds. The molecule has 1 aromatic heterocycles. The smallest absolute Gasteiger partial charge is 0.120 e. The number of benzene rings is 1. The van der Waals surface area contributed by atoms with Crippen LogP contribution in [0.25, 0.3) is 10.2 Å². The third-order valence-electron chi connectivity index (χ3n) is 3.26. The number of hydrogen-bond donors (Lipinski definition) is 1. The van der Waals surface area contributed by atoms with Gasteiger partial charge < -0.3 is 10.5 Å². The van der Waals surface area contributed by atoms with E-state index in [1.165, 1.54) is 11.1 Å². The molecular formula is C13H16N2OS. The van der Waals surface area contributed by atoms with Crippen molar-refractivity contribution in [1.82, 2.24) is 4.98 Å². The van der Waals surface area contributed by atoms with E-state index in [1.807, 2.05) is 18.2 Å². The molecule has 0 spiro atoms. The molecule has 3 nitrogen and oxygen atoms in total. The lowest BCUT2D eigenvalue weighted by Crippen LogP contribution is -2.31. The predicted octanol–water partition coefficient (Wildman–Crippen LogP) is 2.69. The lowest BCUT2D eigenvalue weighted by atomic mass is 10.2. The summed E-state index contributed by atoms with van der Waals surface area (Å²) in [6.45, 7) is 0.595. The van der Waals surface area contributed by atoms with Gasteiger partial charge in [0.15, 0.2) is 0 Å². The first-order valence-corrected chi connectivity index (χ1v) is 6.86. The van der Waals surface area contributed by atoms with Gasteiger partial charge in [0, 0.05) is 6.04 Å². The second-order valence-electron chi connectivity index (χ2n) is 4.52. The van der Waals surface area contributed by atoms with E-state index in [4.69, 9.17) is 10.5 Å². The van der Waals surface area contributed by atoms with Crippen LogP contribution in [0.4, 0.5) is 0 Å². The van der Waals surface area contributed by atoms with E-state index < -0.39 is 0 Å². The summed E-state index contributed by atoms with van der Waals surface area (Å²) in [5.41, 5.74) is 7.04. The van der Waals surface area contributed by atoms with Crippen LogP contribution in [0, 0.1) is 0 Å². The number of aromatic nitrogens is 1. The van der Waals surface area contributed by atoms with E-state index in [0.717, 1.165) is 23.4 Å². The fourth-order valence-corrected chi connectivity index (χ4v) is 3.21. The van der Waals surface area contributed by atoms with Crippen LogP contribution in [0.1, 0.15) is 24.3 Å². The zero-order chi connectivity index (χ0) is 11.7. The Hall–Kier alpha value is -0.970. The summed E-state index contributed by atoms with van der Waals surface area (Å²) in [5.74, 6) is 0. The molecule has 1 saturated carbocycles. The molecule has 1 aliphatic rings. The highest BCUT2D eigenvalue weighted by Gasteiger charge is 2.24. The fourth-order valence-electron chi connectivity index (χ4n) is 2.32. The van der Waals surface area contributed by atoms with Gasteiger partial charge in [0.25, 0.3) is 0 Å². The summed E-state index contributed by atoms with van der Waals surface area (Å²) in [6.07, 6.45) is 3.59. The standard InChI is InChI=1S/C13H16N2OS/c14-9-4-3-6-11(9)16-8-13-15-10-5-1-2-7-12(10)17-13/h1-2,5,7,9,11H,3-4,6,8,14H2. The Kier molecular flexibility index (Phi) is 3.09. The summed E-state index contributed by atoms with van der Waals surface area (Å²) in [7, 11) is 0. The van der Waals surface area contributed by atoms with Gasteiger partial charge in [-0.3, -0.25) is 0 Å². The lowest BCUT2D eigenvalue weighted by Gasteiger charge is -2.14. The zero-order valence-electron chi connectivity index (χ0n) is 9.63. The molecule has 1 heterocycles. The van der Waals surface area contributed by atoms with Crippen molar-refractivity contribution in [3.63, 3.8) is 0 Å². The van der Waals surface area contributed by atoms with Gasteiger partial charge in [0.1, 0.15) is 5.01 Å². The van der Waals surface area contributed by atoms with Crippen LogP contribution < -0.4 is 5.73 Å². The van der Waals surface area contributed by atoms with Crippen molar-refractivity contribution in [3.8, 4) is 0 Å². The molecular weight excluding hydrogens is 232 g/mol. The highest BCUT2D eigenvalue weighted by Crippen LogP contribution is 2.25. The Bertz CT molecular complexity index is 478. The van der Waals surface area contributed by atoms with E-state index >= 15 is 0 Å². The Morgan fingerprint density at radius 3 is 3.00 bits per heavy atom. The maximum atomic E-state index is 5.98. The Labute approximate surface area is 105 Å². The first-order chi connectivity index (χ1) is 8.33. The van der Waals surface area contributed by atoms with Gasteiger partial charge in [-0.2, -0.15) is 0 Å². The minimum atomic E-state index is 0.212. The summed E-state index contributed by atoms with van der Waals surface area (Å²) in [4.78, 5) is 4.55. The number of thiazole rings is 1. The summed E-state index contributed by atoms with van der Waals surface area (Å²) in [5, 5.41) is 1.05. The van der Waals surface area contributed by atoms with Crippen molar-refractivity contribution in [2.75, 3.05) is 0 Å². The molecule has 4 heteroatoms. The van der Waals surface area contributed by atoms with E-state index in [1.54, 1.807) is 11.3 Å². The van der Waals surface area contributed by atoms with E-state index in [-0.39, 0.29) is 12.1 Å². The van der Waals surface area contributed by atoms with Crippen LogP contribution in [-0.2, 0) is 11.3 Å². The molecule has 2 atom stereocenters. The second kappa shape index (κ2) is 4.72. The van der Waals surface area contributed by atoms with Gasteiger partial charge in [-0.05, 0) is 31.4 Å². The highest BCUT2D eigenvalue weighted by atomic mass is 32.1. The van der Waals surface area contributed by atoms with Gasteiger partial charge >= 0.3 is 0 Å². The molecule has 3 rings (SSSR count). The molecule has 0 radical (unpaired) electrons. The fraction of sp³-hybridized carbons (Fsp3) is 0.462. The third kappa shape index (κ3) is 2.34. The Morgan fingerprint density at radius 1 is 1.35 bits per heavy atom. The second-order valence-corrected chi connectivity index (χ2v) is 5.63. The van der Waals surface area contributed by atoms with Crippen LogP contribution in [0.2, 0.25) is 0 Å². The van der Waals surface area contributed by atoms with Crippen LogP contribution in [0.3, 0.4) is 0 Å². The topological polar surface area (TPSA) is 48.1 Å². The molecule has 2 N–H and O–H groups in total. The maximum absolute atomic E-state index is 5.98. The third-order valence-corrected chi connectivity index (χ3v) is 4.27. The number of fused-ring (bicyclic) bond motifs is 1. The van der Waals surface area contributed by atoms with Crippen LogP contribution >= 0.6 is 11.3 Å². The number of nitrogens with zero attached hydrogens (tertiary/aromatic N) is 1. The number of hydrogen-bond acceptors (Lipinski definition) is 4. The predicted molar refractivity (Wildman–Crippen MR) is 70.0 cm³/mol. The van der Waals surface area contributed by atoms with Crippen LogP contribution in [-0.4, -0.2) is 17.1 Å². The number of nitrogens with two attached hydrogens (primary N) is 1. The van der Waals surface area contributed by atoms with Crippen molar-refractivity contribution in [2.45, 2.75) is 38.0 Å². The van der Waals surface area contributed by atoms with Gasteiger partial charge in [-0.1, -0.05) is 12.1 Å². The number of ether oxygens (including phenoxy) is 1. The molecule has 2 unspecified atom stereocenters. The largest absolute Gasteiger partial charge is 0.369 e. The van der Waals surface area contributed by atoms with Gasteiger partial charge in [-0.15, -0.1) is 11.3 Å². The molecule has 1 aliphatic carbocycles. The van der Waals surface area contributed by atoms with E-state index in [0.29, 0.717) is 6.61 Å². The van der Waals surface area contributed by atoms with Gasteiger partial charge in [0.05, 0.1) is 22.9 Å². The van der Waals surface area contributed by atoms with Crippen LogP contribution in [0.15, 0.2) is 24.3 Å². The SMILES string of the molecule is NC1CCCC1OCc1nc2ccccc2s1. The Morgan fingerprint density at radius 2 is 2.24 bits per heavy atom. The number of para-hydroxylation sites is 1. The first kappa shape index (κ1) is 11.1. The molecule has 0 aliphatic heterocycles. The first-order valence-electron chi connectivity index (χ1n) is 6.04. The average Bonchev–Trinajstić information content (AvgIpc) is 2.92. The summed E-state index contributed by atoms with van der Waals surface area (Å²) >= 11 is 1.70. The van der Waals surface area contributed by atoms with E-state index in [9.17, 15) is 0 Å². The Balaban J connectivity index is 1.68. The molecule has 0 bridgehead atoms. The normalized spacial score (nSPS) is 24.5. The lowest BCUT2D eigenvalue weighted by molar-refractivity contribution is 0.0357. The van der Waals surface area contributed by atoms with Crippen molar-refractivity contribution in [3.05, 3.63) is 29.3 Å². The van der Waals surface area contributed by atoms with Crippen molar-refractivity contribution in [1.29, 1.82) is 0 Å². The van der Waals surface area contributed by atoms with Crippen LogP contribution in [0.5, 0.6) is 0 Å². The molecule has 1 aromatic carbocycles. The quantitative estimate of drug-likeness (QED) is 0.908. The van der Waals surface area contributed by atoms with Crippen molar-refractivity contribution < 1.29 is 4.74 Å². The van der Waals surface area contributed by atoms with E-state index in [2.05, 4.69) is 11.1 Å². The van der Waals surface area contributed by atoms with Crippen molar-refractivity contribution >= 4 is 21.6 Å². The number of rotatable bonds is 3. The molecule has 17 heavy (non-hydrogen) atoms. The highest BCUT2D eigenvalue weighted by molar-refractivity contribution is 7.18. The summed E-state index contributed by atoms with van der Waals surface area (Å²) < 4.78 is 7.08. The molecule has 2 aromatic rings. The van der Waals surface area contributed by atoms with Gasteiger partial charge in [-0.25, -0.2) is 4.98 Å². The molecule has 1 fully saturated rings. The summed E-state index contributed by atoms with van der Waals surface area (Å²) in [6, 6.07) is 8.40. The average molecular weight is 248 g/mol. The maximum Gasteiger partial charge on any atom is 0.120 e. The van der Waals surface area contributed by atoms with Gasteiger partial charge in [0.2, 0.25) is 0 Å². The molecule has 0 saturated heterocycles.